The van der Waals surface area contributed by atoms with Gasteiger partial charge in [-0.05, 0) is 17.7 Å². The van der Waals surface area contributed by atoms with Crippen LogP contribution in [0, 0.1) is 0 Å². The van der Waals surface area contributed by atoms with Gasteiger partial charge < -0.3 is 0 Å². The second-order valence-corrected chi connectivity index (χ2v) is 4.25. The van der Waals surface area contributed by atoms with E-state index in [-0.39, 0.29) is 6.10 Å². The summed E-state index contributed by atoms with van der Waals surface area (Å²) in [6, 6.07) is 11.2. The first-order valence-corrected chi connectivity index (χ1v) is 5.96. The van der Waals surface area contributed by atoms with Crippen LogP contribution in [-0.2, 0) is 4.84 Å². The van der Waals surface area contributed by atoms with Gasteiger partial charge in [-0.3, -0.25) is 20.1 Å². The number of nitrogens with zero attached hydrogens (tertiary/aromatic N) is 1. The highest BCUT2D eigenvalue weighted by molar-refractivity contribution is 5.76. The average molecular weight is 252 g/mol. The van der Waals surface area contributed by atoms with Crippen LogP contribution in [0.5, 0.6) is 0 Å². The first-order chi connectivity index (χ1) is 9.36. The van der Waals surface area contributed by atoms with Crippen LogP contribution in [0.4, 0.5) is 0 Å². The topological polar surface area (TPSA) is 51.2 Å². The monoisotopic (exact) mass is 252 g/mol. The molecule has 1 N–H and O–H groups in total. The average Bonchev–Trinajstić information content (AvgIpc) is 2.98. The Balaban J connectivity index is 1.84. The second kappa shape index (κ2) is 5.04. The third kappa shape index (κ3) is 2.39. The first-order valence-electron chi connectivity index (χ1n) is 5.96. The minimum atomic E-state index is -0.144. The Morgan fingerprint density at radius 2 is 2.05 bits per heavy atom. The minimum Gasteiger partial charge on any atom is -0.298 e. The molecule has 1 atom stereocenters. The van der Waals surface area contributed by atoms with Gasteiger partial charge >= 0.3 is 0 Å². The van der Waals surface area contributed by atoms with Crippen molar-refractivity contribution in [3.63, 3.8) is 0 Å². The Kier molecular flexibility index (Phi) is 3.08. The van der Waals surface area contributed by atoms with Crippen LogP contribution >= 0.6 is 0 Å². The summed E-state index contributed by atoms with van der Waals surface area (Å²) in [5.41, 5.74) is 6.44. The molecule has 2 heterocycles. The summed E-state index contributed by atoms with van der Waals surface area (Å²) >= 11 is 0. The normalized spacial score (nSPS) is 17.7. The maximum atomic E-state index is 10.6. The number of pyridine rings is 1. The number of hydrogen-bond acceptors (Lipinski definition) is 4. The van der Waals surface area contributed by atoms with Gasteiger partial charge in [0.1, 0.15) is 12.4 Å². The summed E-state index contributed by atoms with van der Waals surface area (Å²) in [4.78, 5) is 20.2. The molecule has 1 aromatic heterocycles. The van der Waals surface area contributed by atoms with Crippen LogP contribution in [-0.4, -0.2) is 11.3 Å². The zero-order chi connectivity index (χ0) is 13.1. The summed E-state index contributed by atoms with van der Waals surface area (Å²) in [6.07, 6.45) is 6.19. The van der Waals surface area contributed by atoms with Gasteiger partial charge in [-0.1, -0.05) is 30.3 Å². The zero-order valence-electron chi connectivity index (χ0n) is 10.1. The van der Waals surface area contributed by atoms with Crippen LogP contribution in [0.2, 0.25) is 0 Å². The van der Waals surface area contributed by atoms with E-state index >= 15 is 0 Å². The summed E-state index contributed by atoms with van der Waals surface area (Å²) in [6.45, 7) is 0. The summed E-state index contributed by atoms with van der Waals surface area (Å²) in [5.74, 6) is 0. The lowest BCUT2D eigenvalue weighted by atomic mass is 10.1. The lowest BCUT2D eigenvalue weighted by Gasteiger charge is -2.06. The van der Waals surface area contributed by atoms with Gasteiger partial charge in [0, 0.05) is 23.5 Å². The molecule has 0 fully saturated rings. The molecule has 19 heavy (non-hydrogen) atoms. The number of aldehydes is 1. The van der Waals surface area contributed by atoms with E-state index in [1.54, 1.807) is 24.5 Å². The number of nitrogens with one attached hydrogen (secondary N) is 1. The van der Waals surface area contributed by atoms with Gasteiger partial charge in [-0.15, -0.1) is 0 Å². The van der Waals surface area contributed by atoms with Gasteiger partial charge in [0.2, 0.25) is 0 Å². The van der Waals surface area contributed by atoms with E-state index in [2.05, 4.69) is 10.5 Å². The Bertz CT molecular complexity index is 606. The molecule has 0 amide bonds. The van der Waals surface area contributed by atoms with Crippen molar-refractivity contribution in [2.45, 2.75) is 6.10 Å². The maximum absolute atomic E-state index is 10.6. The molecule has 1 aromatic carbocycles. The molecule has 3 rings (SSSR count). The molecule has 1 aliphatic heterocycles. The summed E-state index contributed by atoms with van der Waals surface area (Å²) in [7, 11) is 0. The van der Waals surface area contributed by atoms with Crippen LogP contribution in [0.1, 0.15) is 27.6 Å². The van der Waals surface area contributed by atoms with Crippen molar-refractivity contribution in [1.29, 1.82) is 0 Å². The molecule has 1 unspecified atom stereocenters. The second-order valence-electron chi connectivity index (χ2n) is 4.25. The number of benzene rings is 1. The zero-order valence-corrected chi connectivity index (χ0v) is 10.1. The van der Waals surface area contributed by atoms with Crippen LogP contribution in [0.3, 0.4) is 0 Å². The fourth-order valence-corrected chi connectivity index (χ4v) is 1.95. The molecule has 0 bridgehead atoms. The number of carbonyl (C=O) groups is 1. The molecule has 0 radical (unpaired) electrons. The number of hydroxylamine groups is 1. The van der Waals surface area contributed by atoms with Gasteiger partial charge in [-0.2, -0.15) is 0 Å². The molecule has 0 aliphatic carbocycles. The standard InChI is InChI=1S/C15H12N2O2/c18-10-11-3-5-12(6-4-11)14-8-15(19-17-14)13-2-1-7-16-9-13/h1-10,15,17H. The molecular formula is C15H12N2O2. The van der Waals surface area contributed by atoms with E-state index in [9.17, 15) is 4.79 Å². The predicted octanol–water partition coefficient (Wildman–Crippen LogP) is 2.51. The molecule has 4 heteroatoms. The molecule has 94 valence electrons. The van der Waals surface area contributed by atoms with Crippen LogP contribution in [0.15, 0.2) is 54.9 Å². The van der Waals surface area contributed by atoms with Crippen molar-refractivity contribution in [2.24, 2.45) is 0 Å². The summed E-state index contributed by atoms with van der Waals surface area (Å²) in [5, 5.41) is 0. The molecule has 0 saturated carbocycles. The smallest absolute Gasteiger partial charge is 0.150 e. The van der Waals surface area contributed by atoms with Gasteiger partial charge in [0.15, 0.2) is 0 Å². The Morgan fingerprint density at radius 1 is 1.21 bits per heavy atom. The molecular weight excluding hydrogens is 240 g/mol. The lowest BCUT2D eigenvalue weighted by Crippen LogP contribution is -2.07. The van der Waals surface area contributed by atoms with E-state index in [1.807, 2.05) is 30.3 Å². The number of carbonyl (C=O) groups excluding carboxylic acids is 1. The van der Waals surface area contributed by atoms with E-state index in [0.717, 1.165) is 23.1 Å². The molecule has 0 saturated heterocycles. The largest absolute Gasteiger partial charge is 0.298 e. The first kappa shape index (κ1) is 11.6. The van der Waals surface area contributed by atoms with E-state index in [0.29, 0.717) is 5.56 Å². The van der Waals surface area contributed by atoms with Crippen molar-refractivity contribution in [3.05, 3.63) is 71.6 Å². The van der Waals surface area contributed by atoms with Crippen molar-refractivity contribution in [1.82, 2.24) is 10.5 Å². The Hall–Kier alpha value is -2.46. The molecule has 4 nitrogen and oxygen atoms in total. The van der Waals surface area contributed by atoms with Gasteiger partial charge in [0.25, 0.3) is 0 Å². The van der Waals surface area contributed by atoms with Crippen molar-refractivity contribution >= 4 is 12.0 Å². The minimum absolute atomic E-state index is 0.144. The highest BCUT2D eigenvalue weighted by atomic mass is 16.7. The third-order valence-electron chi connectivity index (χ3n) is 2.98. The van der Waals surface area contributed by atoms with Crippen molar-refractivity contribution in [2.75, 3.05) is 0 Å². The number of aromatic nitrogens is 1. The maximum Gasteiger partial charge on any atom is 0.150 e. The Labute approximate surface area is 110 Å². The third-order valence-corrected chi connectivity index (χ3v) is 2.98. The summed E-state index contributed by atoms with van der Waals surface area (Å²) < 4.78 is 0. The molecule has 0 spiro atoms. The lowest BCUT2D eigenvalue weighted by molar-refractivity contribution is 0.0509. The molecule has 2 aromatic rings. The van der Waals surface area contributed by atoms with Gasteiger partial charge in [0.05, 0.1) is 5.70 Å². The highest BCUT2D eigenvalue weighted by Crippen LogP contribution is 2.27. The Morgan fingerprint density at radius 3 is 2.74 bits per heavy atom. The predicted molar refractivity (Wildman–Crippen MR) is 71.0 cm³/mol. The quantitative estimate of drug-likeness (QED) is 0.853. The fraction of sp³-hybridized carbons (Fsp3) is 0.0667. The highest BCUT2D eigenvalue weighted by Gasteiger charge is 2.19. The van der Waals surface area contributed by atoms with Gasteiger partial charge in [-0.25, -0.2) is 0 Å². The number of rotatable bonds is 3. The van der Waals surface area contributed by atoms with Crippen molar-refractivity contribution < 1.29 is 9.63 Å². The fourth-order valence-electron chi connectivity index (χ4n) is 1.95. The van der Waals surface area contributed by atoms with E-state index < -0.39 is 0 Å². The molecule has 1 aliphatic rings. The van der Waals surface area contributed by atoms with E-state index in [1.165, 1.54) is 0 Å². The van der Waals surface area contributed by atoms with Crippen LogP contribution < -0.4 is 5.48 Å². The van der Waals surface area contributed by atoms with Crippen LogP contribution in [0.25, 0.3) is 5.70 Å². The van der Waals surface area contributed by atoms with E-state index in [4.69, 9.17) is 4.84 Å². The number of hydrogen-bond donors (Lipinski definition) is 1. The SMILES string of the molecule is O=Cc1ccc(C2=CC(c3cccnc3)ON2)cc1. The van der Waals surface area contributed by atoms with Crippen molar-refractivity contribution in [3.8, 4) is 0 Å².